The van der Waals surface area contributed by atoms with E-state index in [9.17, 15) is 9.59 Å². The molecule has 1 aliphatic heterocycles. The van der Waals surface area contributed by atoms with Gasteiger partial charge in [0.25, 0.3) is 5.56 Å². The van der Waals surface area contributed by atoms with Crippen LogP contribution in [0, 0.1) is 0 Å². The lowest BCUT2D eigenvalue weighted by Gasteiger charge is -2.25. The molecule has 2 fully saturated rings. The van der Waals surface area contributed by atoms with Crippen molar-refractivity contribution in [2.75, 3.05) is 38.2 Å². The molecule has 1 aromatic heterocycles. The number of nitrogens with zero attached hydrogens (tertiary/aromatic N) is 3. The number of carbonyl (C=O) groups is 1. The summed E-state index contributed by atoms with van der Waals surface area (Å²) in [6.45, 7) is 3.21. The number of fused-ring (bicyclic) bond motifs is 2. The zero-order chi connectivity index (χ0) is 23.1. The van der Waals surface area contributed by atoms with Crippen molar-refractivity contribution in [1.29, 1.82) is 0 Å². The minimum Gasteiger partial charge on any atom is -0.379 e. The number of anilines is 1. The van der Waals surface area contributed by atoms with E-state index in [0.29, 0.717) is 36.8 Å². The van der Waals surface area contributed by atoms with Crippen LogP contribution in [-0.4, -0.2) is 53.2 Å². The summed E-state index contributed by atoms with van der Waals surface area (Å²) in [6.07, 6.45) is 2.09. The molecule has 2 heterocycles. The summed E-state index contributed by atoms with van der Waals surface area (Å²) in [5.41, 5.74) is 2.17. The summed E-state index contributed by atoms with van der Waals surface area (Å²) in [6, 6.07) is 19.4. The molecule has 7 nitrogen and oxygen atoms in total. The first-order chi connectivity index (χ1) is 16.7. The van der Waals surface area contributed by atoms with E-state index in [1.807, 2.05) is 60.7 Å². The van der Waals surface area contributed by atoms with E-state index in [1.165, 1.54) is 0 Å². The van der Waals surface area contributed by atoms with Crippen molar-refractivity contribution in [2.45, 2.75) is 18.8 Å². The van der Waals surface area contributed by atoms with E-state index in [-0.39, 0.29) is 11.5 Å². The molecule has 1 saturated heterocycles. The minimum absolute atomic E-state index is 0.0512. The topological polar surface area (TPSA) is 76.5 Å². The smallest absolute Gasteiger partial charge is 0.265 e. The van der Waals surface area contributed by atoms with Crippen molar-refractivity contribution < 1.29 is 9.53 Å². The molecule has 1 N–H and O–H groups in total. The van der Waals surface area contributed by atoms with Crippen LogP contribution in [0.2, 0.25) is 0 Å². The third-order valence-corrected chi connectivity index (χ3v) is 6.58. The van der Waals surface area contributed by atoms with Gasteiger partial charge >= 0.3 is 0 Å². The molecule has 0 spiro atoms. The molecule has 4 aromatic rings. The second-order valence-corrected chi connectivity index (χ2v) is 9.08. The highest BCUT2D eigenvalue weighted by Gasteiger charge is 2.30. The Morgan fingerprint density at radius 3 is 2.41 bits per heavy atom. The molecule has 0 unspecified atom stereocenters. The fourth-order valence-corrected chi connectivity index (χ4v) is 4.61. The molecule has 6 rings (SSSR count). The van der Waals surface area contributed by atoms with Crippen molar-refractivity contribution in [1.82, 2.24) is 14.5 Å². The Balaban J connectivity index is 1.32. The van der Waals surface area contributed by atoms with Gasteiger partial charge < -0.3 is 10.1 Å². The number of hydrogen-bond acceptors (Lipinski definition) is 5. The zero-order valence-electron chi connectivity index (χ0n) is 18.9. The number of benzene rings is 3. The molecule has 0 atom stereocenters. The maximum Gasteiger partial charge on any atom is 0.265 e. The summed E-state index contributed by atoms with van der Waals surface area (Å²) < 4.78 is 7.08. The molecule has 0 radical (unpaired) electrons. The standard InChI is InChI=1S/C27H26N4O3/c32-25(17-30-11-13-34-14-12-30)28-21-7-9-22(10-8-21)31-26(18-5-6-18)29-24-16-20-4-2-1-3-19(20)15-23(24)27(31)33/h1-4,7-10,15-16,18H,5-6,11-14,17H2,(H,28,32). The van der Waals surface area contributed by atoms with E-state index < -0.39 is 0 Å². The monoisotopic (exact) mass is 454 g/mol. The molecule has 7 heteroatoms. The first-order valence-electron chi connectivity index (χ1n) is 11.8. The van der Waals surface area contributed by atoms with Gasteiger partial charge in [0.1, 0.15) is 5.82 Å². The maximum atomic E-state index is 13.6. The number of nitrogens with one attached hydrogen (secondary N) is 1. The van der Waals surface area contributed by atoms with Crippen molar-refractivity contribution >= 4 is 33.3 Å². The summed E-state index contributed by atoms with van der Waals surface area (Å²) in [5.74, 6) is 1.07. The van der Waals surface area contributed by atoms with Gasteiger partial charge in [-0.3, -0.25) is 19.1 Å². The van der Waals surface area contributed by atoms with Crippen LogP contribution in [0.4, 0.5) is 5.69 Å². The SMILES string of the molecule is O=C(CN1CCOCC1)Nc1ccc(-n2c(C3CC3)nc3cc4ccccc4cc3c2=O)cc1. The Kier molecular flexibility index (Phi) is 5.36. The van der Waals surface area contributed by atoms with Crippen LogP contribution < -0.4 is 10.9 Å². The summed E-state index contributed by atoms with van der Waals surface area (Å²) in [5, 5.41) is 5.68. The molecule has 1 saturated carbocycles. The second kappa shape index (κ2) is 8.66. The number of rotatable bonds is 5. The highest BCUT2D eigenvalue weighted by molar-refractivity contribution is 5.96. The van der Waals surface area contributed by atoms with Crippen LogP contribution in [-0.2, 0) is 9.53 Å². The van der Waals surface area contributed by atoms with Crippen LogP contribution in [0.1, 0.15) is 24.6 Å². The molecule has 34 heavy (non-hydrogen) atoms. The number of hydrogen-bond donors (Lipinski definition) is 1. The number of morpholine rings is 1. The van der Waals surface area contributed by atoms with E-state index >= 15 is 0 Å². The molecule has 0 bridgehead atoms. The number of amides is 1. The van der Waals surface area contributed by atoms with E-state index in [2.05, 4.69) is 10.2 Å². The Bertz CT molecular complexity index is 1430. The van der Waals surface area contributed by atoms with Crippen LogP contribution >= 0.6 is 0 Å². The Morgan fingerprint density at radius 1 is 1.00 bits per heavy atom. The van der Waals surface area contributed by atoms with Crippen LogP contribution in [0.15, 0.2) is 65.5 Å². The third-order valence-electron chi connectivity index (χ3n) is 6.58. The lowest BCUT2D eigenvalue weighted by atomic mass is 10.1. The fraction of sp³-hybridized carbons (Fsp3) is 0.296. The number of aromatic nitrogens is 2. The molecule has 172 valence electrons. The average Bonchev–Trinajstić information content (AvgIpc) is 3.70. The molecular formula is C27H26N4O3. The normalized spacial score (nSPS) is 16.7. The number of ether oxygens (including phenoxy) is 1. The van der Waals surface area contributed by atoms with Gasteiger partial charge in [-0.15, -0.1) is 0 Å². The van der Waals surface area contributed by atoms with Gasteiger partial charge in [-0.25, -0.2) is 4.98 Å². The van der Waals surface area contributed by atoms with Gasteiger partial charge in [0, 0.05) is 24.7 Å². The third kappa shape index (κ3) is 4.08. The lowest BCUT2D eigenvalue weighted by molar-refractivity contribution is -0.118. The quantitative estimate of drug-likeness (QED) is 0.466. The Morgan fingerprint density at radius 2 is 1.71 bits per heavy atom. The Labute approximate surface area is 197 Å². The van der Waals surface area contributed by atoms with Crippen molar-refractivity contribution in [2.24, 2.45) is 0 Å². The largest absolute Gasteiger partial charge is 0.379 e. The lowest BCUT2D eigenvalue weighted by Crippen LogP contribution is -2.41. The fourth-order valence-electron chi connectivity index (χ4n) is 4.61. The van der Waals surface area contributed by atoms with Gasteiger partial charge in [0.05, 0.1) is 36.3 Å². The molecule has 2 aliphatic rings. The highest BCUT2D eigenvalue weighted by atomic mass is 16.5. The highest BCUT2D eigenvalue weighted by Crippen LogP contribution is 2.40. The summed E-state index contributed by atoms with van der Waals surface area (Å²) in [7, 11) is 0. The molecule has 3 aromatic carbocycles. The second-order valence-electron chi connectivity index (χ2n) is 9.08. The predicted octanol–water partition coefficient (Wildman–Crippen LogP) is 3.69. The summed E-state index contributed by atoms with van der Waals surface area (Å²) >= 11 is 0. The first-order valence-corrected chi connectivity index (χ1v) is 11.8. The maximum absolute atomic E-state index is 13.6. The van der Waals surface area contributed by atoms with Gasteiger partial charge in [0.15, 0.2) is 0 Å². The van der Waals surface area contributed by atoms with Crippen LogP contribution in [0.5, 0.6) is 0 Å². The number of carbonyl (C=O) groups excluding carboxylic acids is 1. The van der Waals surface area contributed by atoms with E-state index in [4.69, 9.17) is 9.72 Å². The van der Waals surface area contributed by atoms with E-state index in [0.717, 1.165) is 53.7 Å². The van der Waals surface area contributed by atoms with Gasteiger partial charge in [-0.05, 0) is 60.0 Å². The predicted molar refractivity (Wildman–Crippen MR) is 133 cm³/mol. The minimum atomic E-state index is -0.0539. The van der Waals surface area contributed by atoms with Crippen LogP contribution in [0.25, 0.3) is 27.4 Å². The van der Waals surface area contributed by atoms with Crippen LogP contribution in [0.3, 0.4) is 0 Å². The first kappa shape index (κ1) is 21.0. The average molecular weight is 455 g/mol. The molecular weight excluding hydrogens is 428 g/mol. The van der Waals surface area contributed by atoms with Crippen molar-refractivity contribution in [3.8, 4) is 5.69 Å². The summed E-state index contributed by atoms with van der Waals surface area (Å²) in [4.78, 5) is 33.1. The van der Waals surface area contributed by atoms with E-state index in [1.54, 1.807) is 4.57 Å². The van der Waals surface area contributed by atoms with Gasteiger partial charge in [-0.1, -0.05) is 24.3 Å². The van der Waals surface area contributed by atoms with Gasteiger partial charge in [-0.2, -0.15) is 0 Å². The molecule has 1 amide bonds. The Hall–Kier alpha value is -3.55. The zero-order valence-corrected chi connectivity index (χ0v) is 18.9. The van der Waals surface area contributed by atoms with Gasteiger partial charge in [0.2, 0.25) is 5.91 Å². The van der Waals surface area contributed by atoms with Crippen molar-refractivity contribution in [3.05, 3.63) is 76.8 Å². The van der Waals surface area contributed by atoms with Crippen molar-refractivity contribution in [3.63, 3.8) is 0 Å². The molecule has 1 aliphatic carbocycles.